The maximum absolute atomic E-state index is 11.5. The molecule has 0 saturated carbocycles. The fraction of sp³-hybridized carbons (Fsp3) is 0.385. The lowest BCUT2D eigenvalue weighted by Crippen LogP contribution is -2.37. The SMILES string of the molecule is C=C.C=C/C(=C\C)NC(=O)C(Br)C(=O)C(C)C. The third kappa shape index (κ3) is 6.89. The van der Waals surface area contributed by atoms with Crippen LogP contribution in [-0.4, -0.2) is 16.5 Å². The number of nitrogens with one attached hydrogen (secondary N) is 1. The van der Waals surface area contributed by atoms with Gasteiger partial charge in [-0.15, -0.1) is 13.2 Å². The molecule has 96 valence electrons. The van der Waals surface area contributed by atoms with E-state index in [1.54, 1.807) is 26.8 Å². The molecule has 4 heteroatoms. The van der Waals surface area contributed by atoms with E-state index in [1.165, 1.54) is 6.08 Å². The lowest BCUT2D eigenvalue weighted by molar-refractivity contribution is -0.128. The number of Topliss-reactive ketones (excluding diaryl/α,β-unsaturated/α-hetero) is 1. The van der Waals surface area contributed by atoms with Crippen molar-refractivity contribution in [2.75, 3.05) is 0 Å². The topological polar surface area (TPSA) is 46.2 Å². The molecular weight excluding hydrogens is 282 g/mol. The normalized spacial score (nSPS) is 12.2. The van der Waals surface area contributed by atoms with Crippen LogP contribution in [0.3, 0.4) is 0 Å². The van der Waals surface area contributed by atoms with Crippen molar-refractivity contribution in [2.45, 2.75) is 25.6 Å². The highest BCUT2D eigenvalue weighted by molar-refractivity contribution is 9.10. The third-order valence-corrected chi connectivity index (χ3v) is 2.71. The summed E-state index contributed by atoms with van der Waals surface area (Å²) < 4.78 is 0. The zero-order valence-electron chi connectivity index (χ0n) is 10.6. The highest BCUT2D eigenvalue weighted by Crippen LogP contribution is 2.09. The molecule has 0 spiro atoms. The molecule has 3 nitrogen and oxygen atoms in total. The average Bonchev–Trinajstić information content (AvgIpc) is 2.35. The fourth-order valence-corrected chi connectivity index (χ4v) is 1.51. The summed E-state index contributed by atoms with van der Waals surface area (Å²) in [6.07, 6.45) is 3.24. The van der Waals surface area contributed by atoms with Gasteiger partial charge >= 0.3 is 0 Å². The van der Waals surface area contributed by atoms with Gasteiger partial charge in [0.1, 0.15) is 0 Å². The Balaban J connectivity index is 0. The Labute approximate surface area is 112 Å². The predicted molar refractivity (Wildman–Crippen MR) is 75.9 cm³/mol. The molecule has 0 rings (SSSR count). The van der Waals surface area contributed by atoms with E-state index in [1.807, 2.05) is 0 Å². The molecule has 0 aliphatic rings. The molecule has 0 aliphatic heterocycles. The lowest BCUT2D eigenvalue weighted by atomic mass is 10.1. The number of alkyl halides is 1. The zero-order valence-corrected chi connectivity index (χ0v) is 12.2. The maximum Gasteiger partial charge on any atom is 0.245 e. The molecule has 1 amide bonds. The first-order chi connectivity index (χ1) is 7.93. The van der Waals surface area contributed by atoms with Crippen LogP contribution in [0.25, 0.3) is 0 Å². The summed E-state index contributed by atoms with van der Waals surface area (Å²) in [6, 6.07) is 0. The summed E-state index contributed by atoms with van der Waals surface area (Å²) in [6.45, 7) is 14.8. The summed E-state index contributed by atoms with van der Waals surface area (Å²) in [7, 11) is 0. The van der Waals surface area contributed by atoms with Crippen LogP contribution in [0.4, 0.5) is 0 Å². The van der Waals surface area contributed by atoms with Crippen LogP contribution in [0, 0.1) is 5.92 Å². The monoisotopic (exact) mass is 301 g/mol. The molecule has 0 aromatic carbocycles. The van der Waals surface area contributed by atoms with E-state index in [0.717, 1.165) is 0 Å². The largest absolute Gasteiger partial charge is 0.325 e. The minimum Gasteiger partial charge on any atom is -0.325 e. The highest BCUT2D eigenvalue weighted by Gasteiger charge is 2.25. The van der Waals surface area contributed by atoms with Gasteiger partial charge in [-0.3, -0.25) is 9.59 Å². The molecule has 1 unspecified atom stereocenters. The van der Waals surface area contributed by atoms with Crippen molar-refractivity contribution in [3.63, 3.8) is 0 Å². The van der Waals surface area contributed by atoms with E-state index >= 15 is 0 Å². The predicted octanol–water partition coefficient (Wildman–Crippen LogP) is 2.98. The van der Waals surface area contributed by atoms with E-state index in [2.05, 4.69) is 41.0 Å². The van der Waals surface area contributed by atoms with Gasteiger partial charge < -0.3 is 5.32 Å². The molecule has 0 heterocycles. The number of ketones is 1. The van der Waals surface area contributed by atoms with Gasteiger partial charge in [0.15, 0.2) is 10.6 Å². The minimum absolute atomic E-state index is 0.132. The Kier molecular flexibility index (Phi) is 10.7. The van der Waals surface area contributed by atoms with Gasteiger partial charge in [0.2, 0.25) is 5.91 Å². The van der Waals surface area contributed by atoms with E-state index in [4.69, 9.17) is 0 Å². The summed E-state index contributed by atoms with van der Waals surface area (Å²) >= 11 is 3.07. The number of carbonyl (C=O) groups is 2. The van der Waals surface area contributed by atoms with Crippen molar-refractivity contribution >= 4 is 27.6 Å². The molecule has 0 radical (unpaired) electrons. The Morgan fingerprint density at radius 1 is 1.29 bits per heavy atom. The number of amides is 1. The highest BCUT2D eigenvalue weighted by atomic mass is 79.9. The van der Waals surface area contributed by atoms with Crippen LogP contribution in [0.1, 0.15) is 20.8 Å². The van der Waals surface area contributed by atoms with Crippen LogP contribution < -0.4 is 5.32 Å². The van der Waals surface area contributed by atoms with Crippen LogP contribution in [0.15, 0.2) is 37.6 Å². The number of hydrogen-bond donors (Lipinski definition) is 1. The average molecular weight is 302 g/mol. The van der Waals surface area contributed by atoms with Gasteiger partial charge in [-0.2, -0.15) is 0 Å². The van der Waals surface area contributed by atoms with Crippen molar-refractivity contribution in [2.24, 2.45) is 5.92 Å². The lowest BCUT2D eigenvalue weighted by Gasteiger charge is -2.12. The molecule has 1 N–H and O–H groups in total. The van der Waals surface area contributed by atoms with Crippen molar-refractivity contribution in [3.05, 3.63) is 37.6 Å². The Morgan fingerprint density at radius 3 is 2.06 bits per heavy atom. The van der Waals surface area contributed by atoms with Crippen LogP contribution >= 0.6 is 15.9 Å². The molecular formula is C13H20BrNO2. The third-order valence-electron chi connectivity index (χ3n) is 1.85. The Morgan fingerprint density at radius 2 is 1.76 bits per heavy atom. The second-order valence-corrected chi connectivity index (χ2v) is 4.27. The summed E-state index contributed by atoms with van der Waals surface area (Å²) in [5.41, 5.74) is 0.598. The number of rotatable bonds is 5. The maximum atomic E-state index is 11.5. The van der Waals surface area contributed by atoms with Crippen molar-refractivity contribution < 1.29 is 9.59 Å². The van der Waals surface area contributed by atoms with E-state index < -0.39 is 4.83 Å². The van der Waals surface area contributed by atoms with Gasteiger partial charge in [-0.1, -0.05) is 42.4 Å². The van der Waals surface area contributed by atoms with Crippen LogP contribution in [0.5, 0.6) is 0 Å². The van der Waals surface area contributed by atoms with Crippen molar-refractivity contribution in [3.8, 4) is 0 Å². The fourth-order valence-electron chi connectivity index (χ4n) is 0.869. The molecule has 0 aromatic heterocycles. The van der Waals surface area contributed by atoms with Crippen molar-refractivity contribution in [1.29, 1.82) is 0 Å². The quantitative estimate of drug-likeness (QED) is 0.367. The van der Waals surface area contributed by atoms with Gasteiger partial charge in [-0.25, -0.2) is 0 Å². The summed E-state index contributed by atoms with van der Waals surface area (Å²) in [5.74, 6) is -0.661. The standard InChI is InChI=1S/C11H16BrNO2.C2H4/c1-5-8(6-2)13-11(15)9(12)10(14)7(3)4;1-2/h5-7,9H,1H2,2-4H3,(H,13,15);1-2H2/b8-6+;. The molecule has 1 atom stereocenters. The smallest absolute Gasteiger partial charge is 0.245 e. The number of hydrogen-bond acceptors (Lipinski definition) is 2. The Hall–Kier alpha value is -1.16. The first-order valence-electron chi connectivity index (χ1n) is 5.21. The number of halogens is 1. The molecule has 0 bridgehead atoms. The first kappa shape index (κ1) is 18.2. The van der Waals surface area contributed by atoms with E-state index in [9.17, 15) is 9.59 Å². The van der Waals surface area contributed by atoms with Gasteiger partial charge in [0.25, 0.3) is 0 Å². The number of allylic oxidation sites excluding steroid dienone is 2. The molecule has 0 saturated heterocycles. The van der Waals surface area contributed by atoms with Gasteiger partial charge in [-0.05, 0) is 13.0 Å². The van der Waals surface area contributed by atoms with Gasteiger partial charge in [0, 0.05) is 11.6 Å². The molecule has 0 fully saturated rings. The van der Waals surface area contributed by atoms with Crippen molar-refractivity contribution in [1.82, 2.24) is 5.32 Å². The second-order valence-electron chi connectivity index (χ2n) is 3.36. The number of carbonyl (C=O) groups excluding carboxylic acids is 2. The van der Waals surface area contributed by atoms with Gasteiger partial charge in [0.05, 0.1) is 0 Å². The molecule has 0 aliphatic carbocycles. The van der Waals surface area contributed by atoms with Crippen LogP contribution in [0.2, 0.25) is 0 Å². The first-order valence-corrected chi connectivity index (χ1v) is 6.13. The zero-order chi connectivity index (χ0) is 14.0. The second kappa shape index (κ2) is 10.0. The summed E-state index contributed by atoms with van der Waals surface area (Å²) in [4.78, 5) is 22.2. The van der Waals surface area contributed by atoms with E-state index in [0.29, 0.717) is 5.70 Å². The minimum atomic E-state index is -0.799. The Bertz CT molecular complexity index is 309. The summed E-state index contributed by atoms with van der Waals surface area (Å²) in [5, 5.41) is 2.59. The van der Waals surface area contributed by atoms with Crippen LogP contribution in [-0.2, 0) is 9.59 Å². The van der Waals surface area contributed by atoms with E-state index in [-0.39, 0.29) is 17.6 Å². The molecule has 17 heavy (non-hydrogen) atoms. The molecule has 0 aromatic rings.